The number of hydrogen-bond acceptors (Lipinski definition) is 8. The summed E-state index contributed by atoms with van der Waals surface area (Å²) in [4.78, 5) is 12.3. The van der Waals surface area contributed by atoms with Crippen LogP contribution < -0.4 is 0 Å². The fraction of sp³-hybridized carbons (Fsp3) is 0.269. The van der Waals surface area contributed by atoms with Gasteiger partial charge in [-0.3, -0.25) is 4.18 Å². The van der Waals surface area contributed by atoms with Gasteiger partial charge in [0.15, 0.2) is 6.29 Å². The maximum atomic E-state index is 13.0. The van der Waals surface area contributed by atoms with E-state index in [0.29, 0.717) is 5.56 Å². The van der Waals surface area contributed by atoms with Crippen LogP contribution in [0.1, 0.15) is 21.5 Å². The summed E-state index contributed by atoms with van der Waals surface area (Å²) in [5, 5.41) is 10.5. The molecule has 0 spiro atoms. The maximum absolute atomic E-state index is 13.0. The van der Waals surface area contributed by atoms with Gasteiger partial charge in [-0.1, -0.05) is 66.2 Å². The quantitative estimate of drug-likeness (QED) is 0.354. The number of aliphatic hydroxyl groups excluding tert-OH is 1. The van der Waals surface area contributed by atoms with E-state index in [2.05, 4.69) is 0 Å². The Morgan fingerprint density at radius 2 is 1.54 bits per heavy atom. The monoisotopic (exact) mass is 498 g/mol. The number of carbonyl (C=O) groups excluding carboxylic acids is 1. The summed E-state index contributed by atoms with van der Waals surface area (Å²) < 4.78 is 48.2. The van der Waals surface area contributed by atoms with Crippen molar-refractivity contribution < 1.29 is 36.7 Å². The minimum atomic E-state index is -4.23. The predicted molar refractivity (Wildman–Crippen MR) is 126 cm³/mol. The molecule has 35 heavy (non-hydrogen) atoms. The van der Waals surface area contributed by atoms with Crippen LogP contribution in [-0.4, -0.2) is 50.7 Å². The average molecular weight is 499 g/mol. The molecule has 1 N–H and O–H groups in total. The van der Waals surface area contributed by atoms with E-state index >= 15 is 0 Å². The smallest absolute Gasteiger partial charge is 0.338 e. The van der Waals surface area contributed by atoms with Gasteiger partial charge in [0.25, 0.3) is 10.1 Å². The van der Waals surface area contributed by atoms with Crippen molar-refractivity contribution in [3.63, 3.8) is 0 Å². The van der Waals surface area contributed by atoms with Crippen LogP contribution in [0, 0.1) is 6.92 Å². The lowest BCUT2D eigenvalue weighted by molar-refractivity contribution is -0.150. The molecule has 1 saturated heterocycles. The molecule has 9 heteroatoms. The fourth-order valence-corrected chi connectivity index (χ4v) is 4.73. The zero-order chi connectivity index (χ0) is 24.8. The molecule has 0 amide bonds. The normalized spacial score (nSPS) is 22.1. The minimum Gasteiger partial charge on any atom is -0.459 e. The van der Waals surface area contributed by atoms with Crippen LogP contribution >= 0.6 is 0 Å². The highest BCUT2D eigenvalue weighted by Gasteiger charge is 2.48. The third-order valence-corrected chi connectivity index (χ3v) is 6.83. The van der Waals surface area contributed by atoms with Crippen molar-refractivity contribution in [2.45, 2.75) is 43.0 Å². The van der Waals surface area contributed by atoms with Gasteiger partial charge in [0.2, 0.25) is 0 Å². The highest BCUT2D eigenvalue weighted by molar-refractivity contribution is 7.86. The second-order valence-corrected chi connectivity index (χ2v) is 9.69. The second-order valence-electron chi connectivity index (χ2n) is 8.12. The summed E-state index contributed by atoms with van der Waals surface area (Å²) in [5.41, 5.74) is 2.03. The van der Waals surface area contributed by atoms with Gasteiger partial charge < -0.3 is 19.3 Å². The standard InChI is InChI=1S/C26H26O8S/c1-18-12-14-21(15-13-18)35(29,30)34-23-22(17-32-25(27)20-10-6-3-7-11-20)33-26(28)24(23)31-16-19-8-4-2-5-9-19/h2-15,22-24,26,28H,16-17H2,1H3/t22-,23-,24+,26-/m0/s1. The second kappa shape index (κ2) is 11.1. The van der Waals surface area contributed by atoms with Gasteiger partial charge in [-0.05, 0) is 36.8 Å². The van der Waals surface area contributed by atoms with E-state index in [1.54, 1.807) is 42.5 Å². The van der Waals surface area contributed by atoms with Crippen molar-refractivity contribution in [2.24, 2.45) is 0 Å². The van der Waals surface area contributed by atoms with Crippen molar-refractivity contribution >= 4 is 16.1 Å². The summed E-state index contributed by atoms with van der Waals surface area (Å²) in [6.45, 7) is 1.58. The van der Waals surface area contributed by atoms with Crippen LogP contribution in [0.4, 0.5) is 0 Å². The molecule has 3 aromatic rings. The fourth-order valence-electron chi connectivity index (χ4n) is 3.62. The number of carbonyl (C=O) groups is 1. The van der Waals surface area contributed by atoms with Crippen LogP contribution in [0.15, 0.2) is 89.8 Å². The molecule has 1 aliphatic rings. The van der Waals surface area contributed by atoms with E-state index in [9.17, 15) is 18.3 Å². The molecule has 0 aromatic heterocycles. The molecule has 0 unspecified atom stereocenters. The maximum Gasteiger partial charge on any atom is 0.338 e. The molecule has 4 rings (SSSR count). The molecule has 3 aromatic carbocycles. The highest BCUT2D eigenvalue weighted by atomic mass is 32.2. The largest absolute Gasteiger partial charge is 0.459 e. The molecular formula is C26H26O8S. The molecule has 1 heterocycles. The molecule has 184 valence electrons. The minimum absolute atomic E-state index is 0.0497. The van der Waals surface area contributed by atoms with Gasteiger partial charge in [-0.2, -0.15) is 8.42 Å². The Balaban J connectivity index is 1.52. The summed E-state index contributed by atoms with van der Waals surface area (Å²) in [6.07, 6.45) is -4.98. The van der Waals surface area contributed by atoms with Crippen LogP contribution in [0.5, 0.6) is 0 Å². The average Bonchev–Trinajstić information content (AvgIpc) is 3.15. The van der Waals surface area contributed by atoms with Crippen molar-refractivity contribution in [1.82, 2.24) is 0 Å². The molecule has 0 bridgehead atoms. The van der Waals surface area contributed by atoms with Gasteiger partial charge in [-0.15, -0.1) is 0 Å². The van der Waals surface area contributed by atoms with E-state index in [-0.39, 0.29) is 18.1 Å². The van der Waals surface area contributed by atoms with Crippen LogP contribution in [0.3, 0.4) is 0 Å². The summed E-state index contributed by atoms with van der Waals surface area (Å²) in [7, 11) is -4.23. The lowest BCUT2D eigenvalue weighted by Gasteiger charge is -2.23. The van der Waals surface area contributed by atoms with Crippen molar-refractivity contribution in [3.05, 3.63) is 102 Å². The molecule has 0 saturated carbocycles. The number of benzene rings is 3. The topological polar surface area (TPSA) is 108 Å². The van der Waals surface area contributed by atoms with Crippen molar-refractivity contribution in [2.75, 3.05) is 6.61 Å². The molecule has 0 radical (unpaired) electrons. The van der Waals surface area contributed by atoms with E-state index in [4.69, 9.17) is 18.4 Å². The first-order valence-corrected chi connectivity index (χ1v) is 12.5. The third kappa shape index (κ3) is 6.33. The Bertz CT molecular complexity index is 1210. The zero-order valence-electron chi connectivity index (χ0n) is 19.0. The number of ether oxygens (including phenoxy) is 3. The summed E-state index contributed by atoms with van der Waals surface area (Å²) >= 11 is 0. The number of esters is 1. The first-order chi connectivity index (χ1) is 16.8. The van der Waals surface area contributed by atoms with Crippen LogP contribution in [-0.2, 0) is 35.1 Å². The molecule has 8 nitrogen and oxygen atoms in total. The van der Waals surface area contributed by atoms with E-state index < -0.39 is 40.7 Å². The molecule has 1 fully saturated rings. The highest BCUT2D eigenvalue weighted by Crippen LogP contribution is 2.30. The Morgan fingerprint density at radius 3 is 2.20 bits per heavy atom. The molecular weight excluding hydrogens is 472 g/mol. The van der Waals surface area contributed by atoms with Gasteiger partial charge in [-0.25, -0.2) is 4.79 Å². The lowest BCUT2D eigenvalue weighted by atomic mass is 10.1. The number of aliphatic hydroxyl groups is 1. The van der Waals surface area contributed by atoms with E-state index in [1.165, 1.54) is 12.1 Å². The summed E-state index contributed by atoms with van der Waals surface area (Å²) in [6, 6.07) is 23.7. The summed E-state index contributed by atoms with van der Waals surface area (Å²) in [5.74, 6) is -0.613. The van der Waals surface area contributed by atoms with Crippen molar-refractivity contribution in [1.29, 1.82) is 0 Å². The van der Waals surface area contributed by atoms with Crippen molar-refractivity contribution in [3.8, 4) is 0 Å². The Kier molecular flexibility index (Phi) is 7.94. The predicted octanol–water partition coefficient (Wildman–Crippen LogP) is 3.23. The van der Waals surface area contributed by atoms with Gasteiger partial charge in [0.05, 0.1) is 17.1 Å². The zero-order valence-corrected chi connectivity index (χ0v) is 19.8. The van der Waals surface area contributed by atoms with E-state index in [1.807, 2.05) is 37.3 Å². The first-order valence-electron chi connectivity index (χ1n) is 11.0. The first kappa shape index (κ1) is 25.0. The number of aryl methyl sites for hydroxylation is 1. The molecule has 4 atom stereocenters. The Hall–Kier alpha value is -3.08. The molecule has 1 aliphatic heterocycles. The van der Waals surface area contributed by atoms with Gasteiger partial charge in [0.1, 0.15) is 24.9 Å². The number of rotatable bonds is 9. The Morgan fingerprint density at radius 1 is 0.914 bits per heavy atom. The van der Waals surface area contributed by atoms with Gasteiger partial charge >= 0.3 is 5.97 Å². The van der Waals surface area contributed by atoms with Crippen LogP contribution in [0.25, 0.3) is 0 Å². The lowest BCUT2D eigenvalue weighted by Crippen LogP contribution is -2.40. The SMILES string of the molecule is Cc1ccc(S(=O)(=O)O[C@@H]2[C@@H](OCc3ccccc3)[C@@H](O)O[C@H]2COC(=O)c2ccccc2)cc1. The van der Waals surface area contributed by atoms with Crippen LogP contribution in [0.2, 0.25) is 0 Å². The molecule has 0 aliphatic carbocycles. The van der Waals surface area contributed by atoms with E-state index in [0.717, 1.165) is 11.1 Å². The number of hydrogen-bond donors (Lipinski definition) is 1. The van der Waals surface area contributed by atoms with Gasteiger partial charge in [0, 0.05) is 0 Å². The Labute approximate surface area is 204 Å². The third-order valence-electron chi connectivity index (χ3n) is 5.51.